The number of hydrogen-bond acceptors (Lipinski definition) is 3. The van der Waals surface area contributed by atoms with E-state index in [1.54, 1.807) is 0 Å². The van der Waals surface area contributed by atoms with Gasteiger partial charge >= 0.3 is 5.97 Å². The first-order chi connectivity index (χ1) is 8.99. The molecule has 4 nitrogen and oxygen atoms in total. The van der Waals surface area contributed by atoms with Crippen molar-refractivity contribution < 1.29 is 9.90 Å². The van der Waals surface area contributed by atoms with Gasteiger partial charge in [0.2, 0.25) is 0 Å². The molecular formula is C15H28N2O2. The molecule has 0 aromatic rings. The number of aliphatic carboxylic acids is 1. The zero-order valence-electron chi connectivity index (χ0n) is 12.3. The summed E-state index contributed by atoms with van der Waals surface area (Å²) in [4.78, 5) is 13.7. The van der Waals surface area contributed by atoms with Crippen LogP contribution in [-0.2, 0) is 4.79 Å². The van der Waals surface area contributed by atoms with Crippen LogP contribution in [0.25, 0.3) is 0 Å². The van der Waals surface area contributed by atoms with E-state index in [9.17, 15) is 9.90 Å². The monoisotopic (exact) mass is 268 g/mol. The first kappa shape index (κ1) is 14.8. The Hall–Kier alpha value is -0.610. The number of carboxylic acids is 1. The van der Waals surface area contributed by atoms with Crippen molar-refractivity contribution >= 4 is 5.97 Å². The van der Waals surface area contributed by atoms with Gasteiger partial charge in [0.15, 0.2) is 0 Å². The lowest BCUT2D eigenvalue weighted by atomic mass is 9.88. The Morgan fingerprint density at radius 3 is 2.42 bits per heavy atom. The van der Waals surface area contributed by atoms with E-state index in [2.05, 4.69) is 17.3 Å². The van der Waals surface area contributed by atoms with Crippen molar-refractivity contribution in [3.63, 3.8) is 0 Å². The molecule has 2 rings (SSSR count). The molecule has 0 heterocycles. The van der Waals surface area contributed by atoms with E-state index in [4.69, 9.17) is 0 Å². The van der Waals surface area contributed by atoms with Gasteiger partial charge in [-0.2, -0.15) is 0 Å². The second-order valence-corrected chi connectivity index (χ2v) is 6.76. The van der Waals surface area contributed by atoms with Crippen LogP contribution < -0.4 is 5.32 Å². The molecule has 1 unspecified atom stereocenters. The number of carbonyl (C=O) groups is 1. The Labute approximate surface area is 116 Å². The lowest BCUT2D eigenvalue weighted by Gasteiger charge is -2.34. The molecule has 2 aliphatic carbocycles. The van der Waals surface area contributed by atoms with Crippen molar-refractivity contribution in [3.8, 4) is 0 Å². The summed E-state index contributed by atoms with van der Waals surface area (Å²) < 4.78 is 0. The molecule has 0 spiro atoms. The molecule has 1 atom stereocenters. The summed E-state index contributed by atoms with van der Waals surface area (Å²) >= 11 is 0. The molecule has 19 heavy (non-hydrogen) atoms. The molecule has 0 bridgehead atoms. The molecule has 110 valence electrons. The maximum Gasteiger partial charge on any atom is 0.324 e. The van der Waals surface area contributed by atoms with Crippen LogP contribution in [0, 0.1) is 5.92 Å². The van der Waals surface area contributed by atoms with Gasteiger partial charge in [-0.3, -0.25) is 10.1 Å². The molecule has 2 aliphatic rings. The fourth-order valence-corrected chi connectivity index (χ4v) is 3.27. The highest BCUT2D eigenvalue weighted by molar-refractivity contribution is 5.78. The van der Waals surface area contributed by atoms with Gasteiger partial charge in [-0.05, 0) is 45.6 Å². The lowest BCUT2D eigenvalue weighted by molar-refractivity contribution is -0.145. The van der Waals surface area contributed by atoms with Crippen LogP contribution in [0.5, 0.6) is 0 Å². The summed E-state index contributed by atoms with van der Waals surface area (Å²) in [5.74, 6) is 0.0348. The zero-order chi connectivity index (χ0) is 13.9. The summed E-state index contributed by atoms with van der Waals surface area (Å²) in [7, 11) is 2.06. The van der Waals surface area contributed by atoms with Crippen LogP contribution in [0.4, 0.5) is 0 Å². The second-order valence-electron chi connectivity index (χ2n) is 6.76. The number of rotatable bonds is 7. The Balaban J connectivity index is 1.83. The largest absolute Gasteiger partial charge is 0.480 e. The SMILES string of the molecule is CN(CC1CCCCC1)CC(C)(NC1CC1)C(=O)O. The highest BCUT2D eigenvalue weighted by Crippen LogP contribution is 2.26. The molecule has 0 radical (unpaired) electrons. The van der Waals surface area contributed by atoms with E-state index in [0.717, 1.165) is 25.3 Å². The minimum atomic E-state index is -0.801. The van der Waals surface area contributed by atoms with Gasteiger partial charge in [0.25, 0.3) is 0 Å². The van der Waals surface area contributed by atoms with Gasteiger partial charge < -0.3 is 10.0 Å². The van der Waals surface area contributed by atoms with Crippen molar-refractivity contribution in [3.05, 3.63) is 0 Å². The molecule has 0 aromatic heterocycles. The molecule has 0 aromatic carbocycles. The lowest BCUT2D eigenvalue weighted by Crippen LogP contribution is -2.57. The predicted molar refractivity (Wildman–Crippen MR) is 76.3 cm³/mol. The van der Waals surface area contributed by atoms with Crippen molar-refractivity contribution in [2.24, 2.45) is 5.92 Å². The van der Waals surface area contributed by atoms with Crippen LogP contribution in [0.2, 0.25) is 0 Å². The van der Waals surface area contributed by atoms with Crippen LogP contribution >= 0.6 is 0 Å². The van der Waals surface area contributed by atoms with Crippen LogP contribution in [0.1, 0.15) is 51.9 Å². The molecule has 0 aliphatic heterocycles. The van der Waals surface area contributed by atoms with Gasteiger partial charge in [-0.1, -0.05) is 19.3 Å². The summed E-state index contributed by atoms with van der Waals surface area (Å²) in [5.41, 5.74) is -0.801. The fourth-order valence-electron chi connectivity index (χ4n) is 3.27. The fraction of sp³-hybridized carbons (Fsp3) is 0.933. The molecular weight excluding hydrogens is 240 g/mol. The van der Waals surface area contributed by atoms with Crippen molar-refractivity contribution in [2.45, 2.75) is 63.5 Å². The second kappa shape index (κ2) is 6.23. The van der Waals surface area contributed by atoms with Gasteiger partial charge in [0.1, 0.15) is 5.54 Å². The number of nitrogens with zero attached hydrogens (tertiary/aromatic N) is 1. The summed E-state index contributed by atoms with van der Waals surface area (Å²) in [6.07, 6.45) is 8.92. The van der Waals surface area contributed by atoms with Crippen molar-refractivity contribution in [1.29, 1.82) is 0 Å². The van der Waals surface area contributed by atoms with E-state index < -0.39 is 11.5 Å². The molecule has 0 amide bonds. The highest BCUT2D eigenvalue weighted by Gasteiger charge is 2.39. The highest BCUT2D eigenvalue weighted by atomic mass is 16.4. The molecule has 2 saturated carbocycles. The zero-order valence-corrected chi connectivity index (χ0v) is 12.3. The Kier molecular flexibility index (Phi) is 4.85. The van der Waals surface area contributed by atoms with E-state index >= 15 is 0 Å². The van der Waals surface area contributed by atoms with Crippen molar-refractivity contribution in [2.75, 3.05) is 20.1 Å². The molecule has 4 heteroatoms. The molecule has 2 N–H and O–H groups in total. The Morgan fingerprint density at radius 1 is 1.26 bits per heavy atom. The van der Waals surface area contributed by atoms with Crippen LogP contribution in [0.15, 0.2) is 0 Å². The summed E-state index contributed by atoms with van der Waals surface area (Å²) in [6.45, 7) is 3.45. The normalized spacial score (nSPS) is 24.4. The topological polar surface area (TPSA) is 52.6 Å². The Morgan fingerprint density at radius 2 is 1.89 bits per heavy atom. The third kappa shape index (κ3) is 4.46. The first-order valence-electron chi connectivity index (χ1n) is 7.69. The van der Waals surface area contributed by atoms with E-state index in [1.807, 2.05) is 6.92 Å². The minimum absolute atomic E-state index is 0.421. The smallest absolute Gasteiger partial charge is 0.324 e. The third-order valence-corrected chi connectivity index (χ3v) is 4.45. The first-order valence-corrected chi connectivity index (χ1v) is 7.69. The van der Waals surface area contributed by atoms with Gasteiger partial charge in [-0.25, -0.2) is 0 Å². The van der Waals surface area contributed by atoms with E-state index in [1.165, 1.54) is 32.1 Å². The maximum atomic E-state index is 11.5. The van der Waals surface area contributed by atoms with Gasteiger partial charge in [-0.15, -0.1) is 0 Å². The van der Waals surface area contributed by atoms with Crippen LogP contribution in [0.3, 0.4) is 0 Å². The number of nitrogens with one attached hydrogen (secondary N) is 1. The number of carboxylic acid groups (broad SMARTS) is 1. The predicted octanol–water partition coefficient (Wildman–Crippen LogP) is 2.09. The summed E-state index contributed by atoms with van der Waals surface area (Å²) in [5, 5.41) is 12.8. The van der Waals surface area contributed by atoms with Crippen molar-refractivity contribution in [1.82, 2.24) is 10.2 Å². The van der Waals surface area contributed by atoms with E-state index in [-0.39, 0.29) is 0 Å². The van der Waals surface area contributed by atoms with Gasteiger partial charge in [0, 0.05) is 19.1 Å². The molecule has 2 fully saturated rings. The third-order valence-electron chi connectivity index (χ3n) is 4.45. The Bertz CT molecular complexity index is 311. The quantitative estimate of drug-likeness (QED) is 0.742. The van der Waals surface area contributed by atoms with E-state index in [0.29, 0.717) is 12.6 Å². The number of hydrogen-bond donors (Lipinski definition) is 2. The molecule has 0 saturated heterocycles. The minimum Gasteiger partial charge on any atom is -0.480 e. The van der Waals surface area contributed by atoms with Gasteiger partial charge in [0.05, 0.1) is 0 Å². The summed E-state index contributed by atoms with van der Waals surface area (Å²) in [6, 6.07) is 0.421. The maximum absolute atomic E-state index is 11.5. The average Bonchev–Trinajstić information content (AvgIpc) is 3.13. The standard InChI is InChI=1S/C15H28N2O2/c1-15(14(18)19,16-13-8-9-13)11-17(2)10-12-6-4-3-5-7-12/h12-13,16H,3-11H2,1-2H3,(H,18,19). The average molecular weight is 268 g/mol. The van der Waals surface area contributed by atoms with Crippen LogP contribution in [-0.4, -0.2) is 47.7 Å². The number of likely N-dealkylation sites (N-methyl/N-ethyl adjacent to an activating group) is 1.